The number of fused-ring (bicyclic) bond motifs is 2. The van der Waals surface area contributed by atoms with Crippen LogP contribution in [0.2, 0.25) is 0 Å². The maximum Gasteiger partial charge on any atom is 0.228 e. The van der Waals surface area contributed by atoms with Gasteiger partial charge in [-0.15, -0.1) is 0 Å². The number of amides is 2. The minimum Gasteiger partial charge on any atom is -0.497 e. The average molecular weight is 392 g/mol. The molecule has 0 aromatic heterocycles. The Balaban J connectivity index is 1.48. The molecule has 0 radical (unpaired) electrons. The highest BCUT2D eigenvalue weighted by Gasteiger charge is 2.51. The van der Waals surface area contributed by atoms with Crippen molar-refractivity contribution in [3.05, 3.63) is 60.7 Å². The number of carbonyl (C=O) groups excluding carboxylic acids is 2. The van der Waals surface area contributed by atoms with Gasteiger partial charge in [-0.05, 0) is 66.8 Å². The van der Waals surface area contributed by atoms with E-state index < -0.39 is 0 Å². The molecule has 0 aliphatic heterocycles. The van der Waals surface area contributed by atoms with E-state index in [1.54, 1.807) is 62.8 Å². The summed E-state index contributed by atoms with van der Waals surface area (Å²) in [6, 6.07) is 14.4. The van der Waals surface area contributed by atoms with Gasteiger partial charge in [0.2, 0.25) is 11.8 Å². The number of hydrogen-bond donors (Lipinski definition) is 2. The minimum absolute atomic E-state index is 0.0878. The molecule has 0 unspecified atom stereocenters. The molecule has 6 nitrogen and oxygen atoms in total. The zero-order chi connectivity index (χ0) is 20.4. The first-order chi connectivity index (χ1) is 14.1. The van der Waals surface area contributed by atoms with Crippen LogP contribution in [0.15, 0.2) is 60.7 Å². The lowest BCUT2D eigenvalue weighted by molar-refractivity contribution is -0.129. The predicted octanol–water partition coefficient (Wildman–Crippen LogP) is 3.72. The monoisotopic (exact) mass is 392 g/mol. The highest BCUT2D eigenvalue weighted by Crippen LogP contribution is 2.48. The van der Waals surface area contributed by atoms with Crippen LogP contribution >= 0.6 is 0 Å². The molecule has 2 aliphatic carbocycles. The standard InChI is InChI=1S/C23H24N2O4/c1-28-18-9-5-16(6-10-18)24-22(26)20-14-3-4-15(13-14)21(20)23(27)25-17-7-11-19(29-2)12-8-17/h3-12,14-15,20-21H,13H2,1-2H3,(H,24,26)(H,25,27)/t14-,15-,20-,21-/m0/s1. The summed E-state index contributed by atoms with van der Waals surface area (Å²) in [6.07, 6.45) is 4.97. The second-order valence-corrected chi connectivity index (χ2v) is 7.44. The van der Waals surface area contributed by atoms with E-state index >= 15 is 0 Å². The number of methoxy groups -OCH3 is 2. The zero-order valence-corrected chi connectivity index (χ0v) is 16.4. The zero-order valence-electron chi connectivity index (χ0n) is 16.4. The summed E-state index contributed by atoms with van der Waals surface area (Å²) in [6.45, 7) is 0. The summed E-state index contributed by atoms with van der Waals surface area (Å²) in [5, 5.41) is 5.92. The van der Waals surface area contributed by atoms with Gasteiger partial charge in [-0.1, -0.05) is 12.2 Å². The van der Waals surface area contributed by atoms with Crippen LogP contribution in [0, 0.1) is 23.7 Å². The van der Waals surface area contributed by atoms with Gasteiger partial charge in [0.05, 0.1) is 26.1 Å². The first-order valence-corrected chi connectivity index (χ1v) is 9.67. The second kappa shape index (κ2) is 7.99. The molecule has 0 heterocycles. The average Bonchev–Trinajstić information content (AvgIpc) is 3.36. The van der Waals surface area contributed by atoms with Crippen LogP contribution < -0.4 is 20.1 Å². The van der Waals surface area contributed by atoms with Crippen molar-refractivity contribution in [2.24, 2.45) is 23.7 Å². The lowest BCUT2D eigenvalue weighted by atomic mass is 9.81. The molecule has 0 spiro atoms. The second-order valence-electron chi connectivity index (χ2n) is 7.44. The summed E-state index contributed by atoms with van der Waals surface area (Å²) in [4.78, 5) is 26.1. The predicted molar refractivity (Wildman–Crippen MR) is 111 cm³/mol. The van der Waals surface area contributed by atoms with Gasteiger partial charge in [0.25, 0.3) is 0 Å². The quantitative estimate of drug-likeness (QED) is 0.735. The normalized spacial score (nSPS) is 24.2. The van der Waals surface area contributed by atoms with E-state index in [2.05, 4.69) is 22.8 Å². The lowest BCUT2D eigenvalue weighted by Gasteiger charge is -2.26. The Kier molecular flexibility index (Phi) is 5.25. The number of allylic oxidation sites excluding steroid dienone is 2. The highest BCUT2D eigenvalue weighted by atomic mass is 16.5. The molecular formula is C23H24N2O4. The Labute approximate surface area is 169 Å². The Hall–Kier alpha value is -3.28. The van der Waals surface area contributed by atoms with Crippen LogP contribution in [0.1, 0.15) is 6.42 Å². The van der Waals surface area contributed by atoms with E-state index in [-0.39, 0.29) is 35.5 Å². The van der Waals surface area contributed by atoms with Crippen molar-refractivity contribution in [3.8, 4) is 11.5 Å². The van der Waals surface area contributed by atoms with Gasteiger partial charge >= 0.3 is 0 Å². The van der Waals surface area contributed by atoms with Crippen molar-refractivity contribution >= 4 is 23.2 Å². The Morgan fingerprint density at radius 3 is 1.45 bits per heavy atom. The third-order valence-electron chi connectivity index (χ3n) is 5.78. The molecular weight excluding hydrogens is 368 g/mol. The summed E-state index contributed by atoms with van der Waals surface area (Å²) < 4.78 is 10.3. The van der Waals surface area contributed by atoms with Gasteiger partial charge in [0.15, 0.2) is 0 Å². The fourth-order valence-electron chi connectivity index (χ4n) is 4.34. The fraction of sp³-hybridized carbons (Fsp3) is 0.304. The topological polar surface area (TPSA) is 76.7 Å². The smallest absolute Gasteiger partial charge is 0.228 e. The fourth-order valence-corrected chi connectivity index (χ4v) is 4.34. The molecule has 29 heavy (non-hydrogen) atoms. The van der Waals surface area contributed by atoms with Crippen molar-refractivity contribution < 1.29 is 19.1 Å². The molecule has 150 valence electrons. The molecule has 1 fully saturated rings. The summed E-state index contributed by atoms with van der Waals surface area (Å²) in [5.41, 5.74) is 1.38. The molecule has 0 saturated heterocycles. The van der Waals surface area contributed by atoms with Crippen LogP contribution in [0.4, 0.5) is 11.4 Å². The van der Waals surface area contributed by atoms with E-state index in [4.69, 9.17) is 9.47 Å². The number of anilines is 2. The SMILES string of the molecule is COc1ccc(NC(=O)[C@@H]2[C@@H](C(=O)Nc3ccc(OC)cc3)[C@H]3C=C[C@H]2C3)cc1. The van der Waals surface area contributed by atoms with E-state index in [9.17, 15) is 9.59 Å². The van der Waals surface area contributed by atoms with Crippen LogP contribution in [-0.4, -0.2) is 26.0 Å². The minimum atomic E-state index is -0.384. The Morgan fingerprint density at radius 2 is 1.10 bits per heavy atom. The van der Waals surface area contributed by atoms with Gasteiger partial charge in [-0.25, -0.2) is 0 Å². The molecule has 2 bridgehead atoms. The van der Waals surface area contributed by atoms with Gasteiger partial charge in [0.1, 0.15) is 11.5 Å². The van der Waals surface area contributed by atoms with Gasteiger partial charge in [-0.2, -0.15) is 0 Å². The van der Waals surface area contributed by atoms with E-state index in [1.807, 2.05) is 0 Å². The van der Waals surface area contributed by atoms with Crippen LogP contribution in [0.5, 0.6) is 11.5 Å². The molecule has 4 atom stereocenters. The molecule has 2 aromatic rings. The van der Waals surface area contributed by atoms with Crippen molar-refractivity contribution in [1.29, 1.82) is 0 Å². The molecule has 4 rings (SSSR count). The van der Waals surface area contributed by atoms with Crippen molar-refractivity contribution in [3.63, 3.8) is 0 Å². The van der Waals surface area contributed by atoms with E-state index in [0.717, 1.165) is 17.9 Å². The molecule has 2 aliphatic rings. The van der Waals surface area contributed by atoms with Crippen LogP contribution in [0.3, 0.4) is 0 Å². The number of carbonyl (C=O) groups is 2. The molecule has 6 heteroatoms. The number of hydrogen-bond acceptors (Lipinski definition) is 4. The largest absolute Gasteiger partial charge is 0.497 e. The maximum atomic E-state index is 13.0. The van der Waals surface area contributed by atoms with Crippen molar-refractivity contribution in [2.45, 2.75) is 6.42 Å². The molecule has 2 aromatic carbocycles. The first kappa shape index (κ1) is 19.1. The summed E-state index contributed by atoms with van der Waals surface area (Å²) in [7, 11) is 3.20. The summed E-state index contributed by atoms with van der Waals surface area (Å²) >= 11 is 0. The molecule has 2 amide bonds. The number of rotatable bonds is 6. The lowest BCUT2D eigenvalue weighted by Crippen LogP contribution is -2.39. The number of ether oxygens (including phenoxy) is 2. The van der Waals surface area contributed by atoms with Gasteiger partial charge in [0, 0.05) is 11.4 Å². The highest BCUT2D eigenvalue weighted by molar-refractivity contribution is 6.01. The van der Waals surface area contributed by atoms with Crippen LogP contribution in [-0.2, 0) is 9.59 Å². The molecule has 1 saturated carbocycles. The van der Waals surface area contributed by atoms with E-state index in [1.165, 1.54) is 0 Å². The van der Waals surface area contributed by atoms with Crippen molar-refractivity contribution in [2.75, 3.05) is 24.9 Å². The van der Waals surface area contributed by atoms with Crippen LogP contribution in [0.25, 0.3) is 0 Å². The Morgan fingerprint density at radius 1 is 0.724 bits per heavy atom. The summed E-state index contributed by atoms with van der Waals surface area (Å²) in [5.74, 6) is 0.611. The third-order valence-corrected chi connectivity index (χ3v) is 5.78. The van der Waals surface area contributed by atoms with Gasteiger partial charge < -0.3 is 20.1 Å². The molecule has 2 N–H and O–H groups in total. The van der Waals surface area contributed by atoms with Crippen molar-refractivity contribution in [1.82, 2.24) is 0 Å². The maximum absolute atomic E-state index is 13.0. The number of benzene rings is 2. The Bertz CT molecular complexity index is 845. The van der Waals surface area contributed by atoms with E-state index in [0.29, 0.717) is 11.4 Å². The van der Waals surface area contributed by atoms with Gasteiger partial charge in [-0.3, -0.25) is 9.59 Å². The number of nitrogens with one attached hydrogen (secondary N) is 2. The third kappa shape index (κ3) is 3.83. The first-order valence-electron chi connectivity index (χ1n) is 9.67.